The van der Waals surface area contributed by atoms with Crippen molar-refractivity contribution < 1.29 is 0 Å². The van der Waals surface area contributed by atoms with Gasteiger partial charge in [0.15, 0.2) is 0 Å². The van der Waals surface area contributed by atoms with Crippen LogP contribution in [0, 0.1) is 18.4 Å². The first-order valence-electron chi connectivity index (χ1n) is 4.54. The van der Waals surface area contributed by atoms with Crippen LogP contribution in [0.25, 0.3) is 0 Å². The fourth-order valence-electron chi connectivity index (χ4n) is 0.874. The van der Waals surface area contributed by atoms with Crippen LogP contribution in [-0.4, -0.2) is 13.1 Å². The third kappa shape index (κ3) is 3.28. The summed E-state index contributed by atoms with van der Waals surface area (Å²) in [5.74, 6) is 3.15. The Labute approximate surface area is 95.1 Å². The van der Waals surface area contributed by atoms with Crippen molar-refractivity contribution in [2.24, 2.45) is 0 Å². The average Bonchev–Trinajstić information content (AvgIpc) is 2.06. The summed E-state index contributed by atoms with van der Waals surface area (Å²) in [5, 5.41) is 0. The SMILES string of the molecule is Cc1ccnc(C#C[Si](C)(C)C)c1Br. The van der Waals surface area contributed by atoms with Gasteiger partial charge in [-0.15, -0.1) is 5.54 Å². The Kier molecular flexibility index (Phi) is 3.52. The number of rotatable bonds is 0. The molecule has 1 heterocycles. The molecule has 0 aromatic carbocycles. The maximum atomic E-state index is 4.24. The molecular formula is C11H14BrNSi. The Morgan fingerprint density at radius 3 is 2.57 bits per heavy atom. The van der Waals surface area contributed by atoms with E-state index in [0.717, 1.165) is 10.2 Å². The van der Waals surface area contributed by atoms with Gasteiger partial charge in [0.1, 0.15) is 13.8 Å². The van der Waals surface area contributed by atoms with Gasteiger partial charge in [-0.25, -0.2) is 4.98 Å². The van der Waals surface area contributed by atoms with Gasteiger partial charge in [0.05, 0.1) is 4.47 Å². The van der Waals surface area contributed by atoms with Gasteiger partial charge in [-0.05, 0) is 34.5 Å². The van der Waals surface area contributed by atoms with Crippen LogP contribution in [-0.2, 0) is 0 Å². The van der Waals surface area contributed by atoms with Crippen LogP contribution in [0.2, 0.25) is 19.6 Å². The molecule has 14 heavy (non-hydrogen) atoms. The van der Waals surface area contributed by atoms with Gasteiger partial charge >= 0.3 is 0 Å². The van der Waals surface area contributed by atoms with E-state index in [-0.39, 0.29) is 0 Å². The topological polar surface area (TPSA) is 12.9 Å². The van der Waals surface area contributed by atoms with Crippen LogP contribution >= 0.6 is 15.9 Å². The van der Waals surface area contributed by atoms with E-state index in [1.54, 1.807) is 6.20 Å². The molecule has 1 nitrogen and oxygen atoms in total. The monoisotopic (exact) mass is 267 g/mol. The van der Waals surface area contributed by atoms with Gasteiger partial charge in [-0.1, -0.05) is 25.6 Å². The lowest BCUT2D eigenvalue weighted by atomic mass is 10.2. The quantitative estimate of drug-likeness (QED) is 0.519. The molecule has 1 aromatic heterocycles. The van der Waals surface area contributed by atoms with Gasteiger partial charge in [0, 0.05) is 6.20 Å². The largest absolute Gasteiger partial charge is 0.247 e. The number of hydrogen-bond acceptors (Lipinski definition) is 1. The first-order chi connectivity index (χ1) is 6.40. The van der Waals surface area contributed by atoms with Crippen molar-refractivity contribution in [2.75, 3.05) is 0 Å². The molecule has 0 saturated carbocycles. The third-order valence-corrected chi connectivity index (χ3v) is 3.51. The minimum absolute atomic E-state index is 0.854. The van der Waals surface area contributed by atoms with E-state index in [9.17, 15) is 0 Å². The van der Waals surface area contributed by atoms with E-state index in [1.807, 2.05) is 13.0 Å². The summed E-state index contributed by atoms with van der Waals surface area (Å²) in [6, 6.07) is 1.98. The molecule has 0 aliphatic rings. The molecule has 0 spiro atoms. The van der Waals surface area contributed by atoms with Crippen molar-refractivity contribution in [2.45, 2.75) is 26.6 Å². The second-order valence-electron chi connectivity index (χ2n) is 4.29. The number of halogens is 1. The lowest BCUT2D eigenvalue weighted by molar-refractivity contribution is 1.23. The van der Waals surface area contributed by atoms with E-state index >= 15 is 0 Å². The van der Waals surface area contributed by atoms with Gasteiger partial charge in [-0.2, -0.15) is 0 Å². The van der Waals surface area contributed by atoms with E-state index in [2.05, 4.69) is 52.0 Å². The summed E-state index contributed by atoms with van der Waals surface area (Å²) in [6.45, 7) is 8.72. The molecular weight excluding hydrogens is 254 g/mol. The van der Waals surface area contributed by atoms with Crippen molar-refractivity contribution in [3.8, 4) is 11.5 Å². The van der Waals surface area contributed by atoms with E-state index in [0.29, 0.717) is 0 Å². The zero-order valence-corrected chi connectivity index (χ0v) is 11.6. The number of aryl methyl sites for hydroxylation is 1. The molecule has 3 heteroatoms. The molecule has 0 unspecified atom stereocenters. The summed E-state index contributed by atoms with van der Waals surface area (Å²) in [5.41, 5.74) is 5.34. The maximum absolute atomic E-state index is 4.24. The highest BCUT2D eigenvalue weighted by Crippen LogP contribution is 2.17. The molecule has 0 aliphatic heterocycles. The molecule has 0 amide bonds. The molecule has 0 aliphatic carbocycles. The molecule has 1 rings (SSSR count). The molecule has 0 radical (unpaired) electrons. The maximum Gasteiger partial charge on any atom is 0.129 e. The zero-order chi connectivity index (χ0) is 10.8. The van der Waals surface area contributed by atoms with Gasteiger partial charge in [0.25, 0.3) is 0 Å². The van der Waals surface area contributed by atoms with Crippen LogP contribution in [0.5, 0.6) is 0 Å². The molecule has 1 aromatic rings. The highest BCUT2D eigenvalue weighted by Gasteiger charge is 2.08. The second kappa shape index (κ2) is 4.29. The van der Waals surface area contributed by atoms with Gasteiger partial charge < -0.3 is 0 Å². The highest BCUT2D eigenvalue weighted by molar-refractivity contribution is 9.10. The predicted molar refractivity (Wildman–Crippen MR) is 66.9 cm³/mol. The van der Waals surface area contributed by atoms with Crippen molar-refractivity contribution in [1.82, 2.24) is 4.98 Å². The Morgan fingerprint density at radius 2 is 2.00 bits per heavy atom. The molecule has 0 fully saturated rings. The summed E-state index contributed by atoms with van der Waals surface area (Å²) in [6.07, 6.45) is 1.80. The molecule has 0 bridgehead atoms. The third-order valence-electron chi connectivity index (χ3n) is 1.64. The minimum Gasteiger partial charge on any atom is -0.247 e. The number of pyridine rings is 1. The fraction of sp³-hybridized carbons (Fsp3) is 0.364. The summed E-state index contributed by atoms with van der Waals surface area (Å²) in [7, 11) is -1.30. The second-order valence-corrected chi connectivity index (χ2v) is 9.83. The molecule has 0 N–H and O–H groups in total. The van der Waals surface area contributed by atoms with E-state index in [1.165, 1.54) is 5.56 Å². The Morgan fingerprint density at radius 1 is 1.36 bits per heavy atom. The first kappa shape index (κ1) is 11.5. The van der Waals surface area contributed by atoms with Crippen LogP contribution in [0.3, 0.4) is 0 Å². The van der Waals surface area contributed by atoms with Gasteiger partial charge in [-0.3, -0.25) is 0 Å². The first-order valence-corrected chi connectivity index (χ1v) is 8.84. The molecule has 0 atom stereocenters. The van der Waals surface area contributed by atoms with Crippen LogP contribution in [0.15, 0.2) is 16.7 Å². The van der Waals surface area contributed by atoms with Crippen LogP contribution in [0.4, 0.5) is 0 Å². The summed E-state index contributed by atoms with van der Waals surface area (Å²) in [4.78, 5) is 4.24. The number of aromatic nitrogens is 1. The zero-order valence-electron chi connectivity index (χ0n) is 8.98. The predicted octanol–water partition coefficient (Wildman–Crippen LogP) is 3.38. The van der Waals surface area contributed by atoms with E-state index in [4.69, 9.17) is 0 Å². The lowest BCUT2D eigenvalue weighted by Crippen LogP contribution is -2.16. The lowest BCUT2D eigenvalue weighted by Gasteiger charge is -2.04. The smallest absolute Gasteiger partial charge is 0.129 e. The Hall–Kier alpha value is -0.593. The molecule has 74 valence electrons. The Balaban J connectivity index is 3.08. The standard InChI is InChI=1S/C11H14BrNSi/c1-9-5-7-13-10(11(9)12)6-8-14(2,3)4/h5,7H,1-4H3. The van der Waals surface area contributed by atoms with Crippen LogP contribution in [0.1, 0.15) is 11.3 Å². The summed E-state index contributed by atoms with van der Waals surface area (Å²) < 4.78 is 1.02. The average molecular weight is 268 g/mol. The van der Waals surface area contributed by atoms with Crippen molar-refractivity contribution >= 4 is 24.0 Å². The normalized spacial score (nSPS) is 10.6. The van der Waals surface area contributed by atoms with Crippen molar-refractivity contribution in [3.05, 3.63) is 28.0 Å². The number of nitrogens with zero attached hydrogens (tertiary/aromatic N) is 1. The minimum atomic E-state index is -1.30. The summed E-state index contributed by atoms with van der Waals surface area (Å²) >= 11 is 3.50. The van der Waals surface area contributed by atoms with Crippen molar-refractivity contribution in [3.63, 3.8) is 0 Å². The highest BCUT2D eigenvalue weighted by atomic mass is 79.9. The van der Waals surface area contributed by atoms with Gasteiger partial charge in [0.2, 0.25) is 0 Å². The van der Waals surface area contributed by atoms with Crippen molar-refractivity contribution in [1.29, 1.82) is 0 Å². The number of hydrogen-bond donors (Lipinski definition) is 0. The molecule has 0 saturated heterocycles. The Bertz CT molecular complexity index is 396. The van der Waals surface area contributed by atoms with Crippen LogP contribution < -0.4 is 0 Å². The fourth-order valence-corrected chi connectivity index (χ4v) is 1.70. The van der Waals surface area contributed by atoms with E-state index < -0.39 is 8.07 Å².